The molecular weight excluding hydrogens is 296 g/mol. The van der Waals surface area contributed by atoms with Crippen LogP contribution in [0.4, 0.5) is 0 Å². The van der Waals surface area contributed by atoms with Gasteiger partial charge in [-0.15, -0.1) is 11.3 Å². The van der Waals surface area contributed by atoms with Crippen molar-refractivity contribution < 1.29 is 9.59 Å². The van der Waals surface area contributed by atoms with E-state index in [9.17, 15) is 9.59 Å². The van der Waals surface area contributed by atoms with Crippen LogP contribution in [0.15, 0.2) is 17.5 Å². The van der Waals surface area contributed by atoms with Gasteiger partial charge < -0.3 is 9.80 Å². The lowest BCUT2D eigenvalue weighted by Crippen LogP contribution is -2.50. The van der Waals surface area contributed by atoms with Gasteiger partial charge in [-0.25, -0.2) is 0 Å². The second-order valence-electron chi connectivity index (χ2n) is 6.84. The average Bonchev–Trinajstić information content (AvgIpc) is 3.09. The van der Waals surface area contributed by atoms with Crippen molar-refractivity contribution >= 4 is 23.2 Å². The van der Waals surface area contributed by atoms with Gasteiger partial charge in [0.1, 0.15) is 6.04 Å². The van der Waals surface area contributed by atoms with Crippen molar-refractivity contribution in [2.45, 2.75) is 45.7 Å². The zero-order chi connectivity index (χ0) is 15.7. The van der Waals surface area contributed by atoms with E-state index in [0.29, 0.717) is 31.2 Å². The van der Waals surface area contributed by atoms with E-state index in [4.69, 9.17) is 0 Å². The molecule has 2 aliphatic heterocycles. The summed E-state index contributed by atoms with van der Waals surface area (Å²) < 4.78 is 0. The van der Waals surface area contributed by atoms with Crippen molar-refractivity contribution in [3.63, 3.8) is 0 Å². The highest BCUT2D eigenvalue weighted by Gasteiger charge is 2.39. The van der Waals surface area contributed by atoms with Crippen LogP contribution >= 0.6 is 11.3 Å². The maximum Gasteiger partial charge on any atom is 0.245 e. The first-order valence-corrected chi connectivity index (χ1v) is 9.03. The van der Waals surface area contributed by atoms with Gasteiger partial charge in [0.25, 0.3) is 0 Å². The lowest BCUT2D eigenvalue weighted by molar-refractivity contribution is -0.143. The highest BCUT2D eigenvalue weighted by atomic mass is 32.1. The van der Waals surface area contributed by atoms with Gasteiger partial charge in [-0.1, -0.05) is 19.9 Å². The van der Waals surface area contributed by atoms with Crippen LogP contribution < -0.4 is 0 Å². The SMILES string of the molecule is C[C@@H]1C[C@H](C)CN(C(=O)[C@@H]2CCC(=O)N2Cc2cccs2)C1. The average molecular weight is 320 g/mol. The Balaban J connectivity index is 1.71. The van der Waals surface area contributed by atoms with Crippen molar-refractivity contribution in [1.29, 1.82) is 0 Å². The van der Waals surface area contributed by atoms with E-state index in [2.05, 4.69) is 13.8 Å². The van der Waals surface area contributed by atoms with Crippen LogP contribution in [0.2, 0.25) is 0 Å². The molecule has 0 bridgehead atoms. The van der Waals surface area contributed by atoms with Gasteiger partial charge in [0, 0.05) is 24.4 Å². The van der Waals surface area contributed by atoms with Crippen molar-refractivity contribution in [1.82, 2.24) is 9.80 Å². The van der Waals surface area contributed by atoms with Crippen molar-refractivity contribution in [2.75, 3.05) is 13.1 Å². The molecule has 0 radical (unpaired) electrons. The van der Waals surface area contributed by atoms with E-state index in [1.54, 1.807) is 16.2 Å². The molecule has 2 aliphatic rings. The van der Waals surface area contributed by atoms with E-state index < -0.39 is 0 Å². The number of amides is 2. The van der Waals surface area contributed by atoms with E-state index in [1.807, 2.05) is 22.4 Å². The Morgan fingerprint density at radius 3 is 2.68 bits per heavy atom. The molecule has 5 heteroatoms. The lowest BCUT2D eigenvalue weighted by atomic mass is 9.91. The molecule has 1 aromatic heterocycles. The van der Waals surface area contributed by atoms with Gasteiger partial charge in [-0.3, -0.25) is 9.59 Å². The molecule has 2 amide bonds. The van der Waals surface area contributed by atoms with Gasteiger partial charge >= 0.3 is 0 Å². The highest BCUT2D eigenvalue weighted by molar-refractivity contribution is 7.09. The van der Waals surface area contributed by atoms with Crippen LogP contribution in [-0.4, -0.2) is 40.7 Å². The molecule has 2 fully saturated rings. The summed E-state index contributed by atoms with van der Waals surface area (Å²) in [7, 11) is 0. The van der Waals surface area contributed by atoms with Gasteiger partial charge in [0.05, 0.1) is 6.54 Å². The standard InChI is InChI=1S/C17H24N2O2S/c1-12-8-13(2)10-18(9-12)17(21)15-5-6-16(20)19(15)11-14-4-3-7-22-14/h3-4,7,12-13,15H,5-6,8-11H2,1-2H3/t12-,13+,15-/m0/s1. The molecule has 22 heavy (non-hydrogen) atoms. The number of piperidine rings is 1. The Bertz CT molecular complexity index is 533. The Kier molecular flexibility index (Phi) is 4.52. The van der Waals surface area contributed by atoms with Crippen LogP contribution in [0.1, 0.15) is 38.0 Å². The number of hydrogen-bond acceptors (Lipinski definition) is 3. The molecule has 0 saturated carbocycles. The first-order valence-electron chi connectivity index (χ1n) is 8.15. The fraction of sp³-hybridized carbons (Fsp3) is 0.647. The molecular formula is C17H24N2O2S. The summed E-state index contributed by atoms with van der Waals surface area (Å²) in [6.07, 6.45) is 2.36. The highest BCUT2D eigenvalue weighted by Crippen LogP contribution is 2.27. The number of thiophene rings is 1. The largest absolute Gasteiger partial charge is 0.340 e. The third kappa shape index (κ3) is 3.19. The Labute approximate surface area is 136 Å². The molecule has 0 N–H and O–H groups in total. The molecule has 0 aliphatic carbocycles. The molecule has 3 heterocycles. The summed E-state index contributed by atoms with van der Waals surface area (Å²) in [5.41, 5.74) is 0. The van der Waals surface area contributed by atoms with Crippen molar-refractivity contribution in [2.24, 2.45) is 11.8 Å². The normalized spacial score (nSPS) is 29.2. The minimum atomic E-state index is -0.257. The van der Waals surface area contributed by atoms with Crippen LogP contribution in [0, 0.1) is 11.8 Å². The lowest BCUT2D eigenvalue weighted by Gasteiger charge is -2.37. The smallest absolute Gasteiger partial charge is 0.245 e. The van der Waals surface area contributed by atoms with Gasteiger partial charge in [-0.2, -0.15) is 0 Å². The van der Waals surface area contributed by atoms with E-state index in [1.165, 1.54) is 6.42 Å². The first-order chi connectivity index (χ1) is 10.5. The fourth-order valence-electron chi connectivity index (χ4n) is 3.81. The summed E-state index contributed by atoms with van der Waals surface area (Å²) in [6, 6.07) is 3.76. The van der Waals surface area contributed by atoms with Gasteiger partial charge in [0.15, 0.2) is 0 Å². The summed E-state index contributed by atoms with van der Waals surface area (Å²) in [5, 5.41) is 2.01. The molecule has 3 atom stereocenters. The predicted octanol–water partition coefficient (Wildman–Crippen LogP) is 2.74. The molecule has 0 aromatic carbocycles. The van der Waals surface area contributed by atoms with Gasteiger partial charge in [0.2, 0.25) is 11.8 Å². The number of nitrogens with zero attached hydrogens (tertiary/aromatic N) is 2. The number of carbonyl (C=O) groups excluding carboxylic acids is 2. The van der Waals surface area contributed by atoms with Crippen molar-refractivity contribution in [3.8, 4) is 0 Å². The number of carbonyl (C=O) groups is 2. The van der Waals surface area contributed by atoms with E-state index in [-0.39, 0.29) is 17.9 Å². The molecule has 1 aromatic rings. The second-order valence-corrected chi connectivity index (χ2v) is 7.88. The number of hydrogen-bond donors (Lipinski definition) is 0. The molecule has 120 valence electrons. The summed E-state index contributed by atoms with van der Waals surface area (Å²) in [6.45, 7) is 6.66. The van der Waals surface area contributed by atoms with E-state index in [0.717, 1.165) is 18.0 Å². The quantitative estimate of drug-likeness (QED) is 0.859. The molecule has 0 unspecified atom stereocenters. The Morgan fingerprint density at radius 1 is 1.32 bits per heavy atom. The van der Waals surface area contributed by atoms with Crippen LogP contribution in [0.25, 0.3) is 0 Å². The summed E-state index contributed by atoms with van der Waals surface area (Å²) >= 11 is 1.64. The monoisotopic (exact) mass is 320 g/mol. The van der Waals surface area contributed by atoms with Crippen molar-refractivity contribution in [3.05, 3.63) is 22.4 Å². The Morgan fingerprint density at radius 2 is 2.05 bits per heavy atom. The maximum atomic E-state index is 12.9. The first kappa shape index (κ1) is 15.5. The van der Waals surface area contributed by atoms with Crippen LogP contribution in [0.3, 0.4) is 0 Å². The molecule has 2 saturated heterocycles. The van der Waals surface area contributed by atoms with E-state index >= 15 is 0 Å². The zero-order valence-corrected chi connectivity index (χ0v) is 14.1. The second kappa shape index (κ2) is 6.41. The molecule has 4 nitrogen and oxygen atoms in total. The fourth-order valence-corrected chi connectivity index (χ4v) is 4.52. The zero-order valence-electron chi connectivity index (χ0n) is 13.3. The minimum absolute atomic E-state index is 0.116. The number of likely N-dealkylation sites (tertiary alicyclic amines) is 2. The third-order valence-corrected chi connectivity index (χ3v) is 5.56. The molecule has 0 spiro atoms. The topological polar surface area (TPSA) is 40.6 Å². The summed E-state index contributed by atoms with van der Waals surface area (Å²) in [4.78, 5) is 30.0. The van der Waals surface area contributed by atoms with Gasteiger partial charge in [-0.05, 0) is 36.1 Å². The third-order valence-electron chi connectivity index (χ3n) is 4.70. The predicted molar refractivity (Wildman–Crippen MR) is 87.4 cm³/mol. The Hall–Kier alpha value is -1.36. The number of rotatable bonds is 3. The maximum absolute atomic E-state index is 12.9. The summed E-state index contributed by atoms with van der Waals surface area (Å²) in [5.74, 6) is 1.37. The minimum Gasteiger partial charge on any atom is -0.340 e. The molecule has 3 rings (SSSR count). The van der Waals surface area contributed by atoms with Crippen LogP contribution in [0.5, 0.6) is 0 Å². The van der Waals surface area contributed by atoms with Crippen LogP contribution in [-0.2, 0) is 16.1 Å².